The van der Waals surface area contributed by atoms with Crippen molar-refractivity contribution in [1.29, 1.82) is 0 Å². The highest BCUT2D eigenvalue weighted by Gasteiger charge is 2.31. The summed E-state index contributed by atoms with van der Waals surface area (Å²) in [6.07, 6.45) is -0.0567. The van der Waals surface area contributed by atoms with E-state index in [4.69, 9.17) is 0 Å². The van der Waals surface area contributed by atoms with E-state index in [1.54, 1.807) is 0 Å². The number of nitrogens with one attached hydrogen (secondary N) is 2. The molecule has 4 nitrogen and oxygen atoms in total. The molecule has 170 valence electrons. The minimum Gasteiger partial charge on any atom is -0.201 e. The van der Waals surface area contributed by atoms with Crippen LogP contribution in [0.15, 0.2) is 140 Å². The van der Waals surface area contributed by atoms with Crippen LogP contribution in [0.5, 0.6) is 0 Å². The van der Waals surface area contributed by atoms with E-state index in [1.165, 1.54) is 27.8 Å². The predicted molar refractivity (Wildman–Crippen MR) is 144 cm³/mol. The van der Waals surface area contributed by atoms with E-state index in [2.05, 4.69) is 142 Å². The highest BCUT2D eigenvalue weighted by Crippen LogP contribution is 2.31. The molecule has 0 aliphatic carbocycles. The molecule has 1 fully saturated rings. The van der Waals surface area contributed by atoms with Gasteiger partial charge in [-0.3, -0.25) is 0 Å². The molecular weight excluding hydrogens is 428 g/mol. The molecule has 0 atom stereocenters. The van der Waals surface area contributed by atoms with E-state index in [0.29, 0.717) is 0 Å². The summed E-state index contributed by atoms with van der Waals surface area (Å²) in [5, 5.41) is 4.15. The van der Waals surface area contributed by atoms with E-state index in [-0.39, 0.29) is 6.17 Å². The summed E-state index contributed by atoms with van der Waals surface area (Å²) in [6, 6.07) is 48.6. The standard InChI is InChI=1S/C31H26N4/c1-4-10-24(11-5-1)26-16-20-29(21-17-26)34-32-31(28-14-8-3-9-15-28)33-35(34)30-22-18-27(19-23-30)25-12-6-2-7-13-25/h1-23,31-33H. The zero-order chi connectivity index (χ0) is 23.5. The second kappa shape index (κ2) is 9.47. The van der Waals surface area contributed by atoms with Crippen LogP contribution in [0.3, 0.4) is 0 Å². The van der Waals surface area contributed by atoms with Gasteiger partial charge in [0, 0.05) is 0 Å². The van der Waals surface area contributed by atoms with Gasteiger partial charge in [0.1, 0.15) is 6.17 Å². The van der Waals surface area contributed by atoms with Gasteiger partial charge in [0.05, 0.1) is 11.4 Å². The van der Waals surface area contributed by atoms with Gasteiger partial charge in [0.15, 0.2) is 0 Å². The molecule has 4 heteroatoms. The summed E-state index contributed by atoms with van der Waals surface area (Å²) in [5.74, 6) is 0. The molecule has 2 N–H and O–H groups in total. The molecule has 1 saturated heterocycles. The normalized spacial score (nSPS) is 13.8. The van der Waals surface area contributed by atoms with Crippen molar-refractivity contribution in [2.45, 2.75) is 6.17 Å². The lowest BCUT2D eigenvalue weighted by Gasteiger charge is -2.29. The van der Waals surface area contributed by atoms with Crippen molar-refractivity contribution in [3.05, 3.63) is 145 Å². The van der Waals surface area contributed by atoms with Crippen LogP contribution in [-0.4, -0.2) is 0 Å². The van der Waals surface area contributed by atoms with Crippen molar-refractivity contribution >= 4 is 11.4 Å². The lowest BCUT2D eigenvalue weighted by Crippen LogP contribution is -2.45. The Morgan fingerprint density at radius 3 is 1.11 bits per heavy atom. The maximum Gasteiger partial charge on any atom is 0.122 e. The molecule has 35 heavy (non-hydrogen) atoms. The highest BCUT2D eigenvalue weighted by atomic mass is 16.0. The Balaban J connectivity index is 1.32. The number of hydrogen-bond acceptors (Lipinski definition) is 4. The van der Waals surface area contributed by atoms with Crippen molar-refractivity contribution in [2.75, 3.05) is 10.2 Å². The largest absolute Gasteiger partial charge is 0.201 e. The maximum atomic E-state index is 3.63. The Kier molecular flexibility index (Phi) is 5.73. The Labute approximate surface area is 206 Å². The van der Waals surface area contributed by atoms with Crippen molar-refractivity contribution in [1.82, 2.24) is 10.9 Å². The fraction of sp³-hybridized carbons (Fsp3) is 0.0323. The smallest absolute Gasteiger partial charge is 0.122 e. The molecule has 0 unspecified atom stereocenters. The summed E-state index contributed by atoms with van der Waals surface area (Å²) in [7, 11) is 0. The first-order chi connectivity index (χ1) is 17.3. The van der Waals surface area contributed by atoms with Gasteiger partial charge in [0.25, 0.3) is 0 Å². The van der Waals surface area contributed by atoms with Gasteiger partial charge in [-0.05, 0) is 52.1 Å². The molecule has 0 bridgehead atoms. The second-order valence-electron chi connectivity index (χ2n) is 8.55. The van der Waals surface area contributed by atoms with E-state index in [9.17, 15) is 0 Å². The molecule has 5 aromatic rings. The van der Waals surface area contributed by atoms with Crippen molar-refractivity contribution < 1.29 is 0 Å². The Bertz CT molecular complexity index is 1280. The second-order valence-corrected chi connectivity index (χ2v) is 8.55. The Morgan fingerprint density at radius 1 is 0.371 bits per heavy atom. The van der Waals surface area contributed by atoms with Gasteiger partial charge >= 0.3 is 0 Å². The summed E-state index contributed by atoms with van der Waals surface area (Å²) in [6.45, 7) is 0. The number of hydrazine groups is 3. The van der Waals surface area contributed by atoms with Crippen LogP contribution in [0.25, 0.3) is 22.3 Å². The van der Waals surface area contributed by atoms with Gasteiger partial charge in [0.2, 0.25) is 0 Å². The molecule has 0 radical (unpaired) electrons. The fourth-order valence-electron chi connectivity index (χ4n) is 4.41. The first kappa shape index (κ1) is 21.2. The predicted octanol–water partition coefficient (Wildman–Crippen LogP) is 6.97. The number of anilines is 2. The van der Waals surface area contributed by atoms with Gasteiger partial charge in [-0.15, -0.1) is 0 Å². The first-order valence-electron chi connectivity index (χ1n) is 11.8. The third-order valence-corrected chi connectivity index (χ3v) is 6.27. The highest BCUT2D eigenvalue weighted by molar-refractivity contribution is 5.69. The minimum atomic E-state index is -0.0567. The maximum absolute atomic E-state index is 3.63. The van der Waals surface area contributed by atoms with Gasteiger partial charge in [-0.1, -0.05) is 115 Å². The molecule has 0 aromatic heterocycles. The van der Waals surface area contributed by atoms with E-state index < -0.39 is 0 Å². The van der Waals surface area contributed by atoms with Crippen LogP contribution in [0.1, 0.15) is 11.7 Å². The average molecular weight is 455 g/mol. The molecule has 1 aliphatic heterocycles. The average Bonchev–Trinajstić information content (AvgIpc) is 3.40. The molecule has 0 saturated carbocycles. The van der Waals surface area contributed by atoms with Gasteiger partial charge < -0.3 is 0 Å². The zero-order valence-corrected chi connectivity index (χ0v) is 19.3. The minimum absolute atomic E-state index is 0.0567. The van der Waals surface area contributed by atoms with Crippen LogP contribution in [0, 0.1) is 0 Å². The lowest BCUT2D eigenvalue weighted by atomic mass is 10.1. The first-order valence-corrected chi connectivity index (χ1v) is 11.8. The molecule has 0 spiro atoms. The lowest BCUT2D eigenvalue weighted by molar-refractivity contribution is 0.574. The van der Waals surface area contributed by atoms with Crippen molar-refractivity contribution in [3.8, 4) is 22.3 Å². The summed E-state index contributed by atoms with van der Waals surface area (Å²) >= 11 is 0. The van der Waals surface area contributed by atoms with Crippen LogP contribution in [0.4, 0.5) is 11.4 Å². The van der Waals surface area contributed by atoms with Crippen molar-refractivity contribution in [2.24, 2.45) is 0 Å². The van der Waals surface area contributed by atoms with Gasteiger partial charge in [-0.25, -0.2) is 10.2 Å². The number of benzene rings is 5. The molecule has 6 rings (SSSR count). The molecule has 5 aromatic carbocycles. The third kappa shape index (κ3) is 4.41. The van der Waals surface area contributed by atoms with Gasteiger partial charge in [-0.2, -0.15) is 10.9 Å². The molecular formula is C31H26N4. The topological polar surface area (TPSA) is 30.5 Å². The number of nitrogens with zero attached hydrogens (tertiary/aromatic N) is 2. The Morgan fingerprint density at radius 2 is 0.714 bits per heavy atom. The summed E-state index contributed by atoms with van der Waals surface area (Å²) in [5.41, 5.74) is 15.3. The SMILES string of the molecule is c1ccc(-c2ccc(N3NC(c4ccccc4)NN3c3ccc(-c4ccccc4)cc3)cc2)cc1. The monoisotopic (exact) mass is 454 g/mol. The number of hydrogen-bond donors (Lipinski definition) is 2. The zero-order valence-electron chi connectivity index (χ0n) is 19.3. The third-order valence-electron chi connectivity index (χ3n) is 6.27. The van der Waals surface area contributed by atoms with Crippen LogP contribution >= 0.6 is 0 Å². The number of rotatable bonds is 5. The quantitative estimate of drug-likeness (QED) is 0.300. The summed E-state index contributed by atoms with van der Waals surface area (Å²) < 4.78 is 0. The van der Waals surface area contributed by atoms with Crippen molar-refractivity contribution in [3.63, 3.8) is 0 Å². The van der Waals surface area contributed by atoms with Crippen LogP contribution in [-0.2, 0) is 0 Å². The van der Waals surface area contributed by atoms with E-state index in [0.717, 1.165) is 11.4 Å². The molecule has 0 amide bonds. The van der Waals surface area contributed by atoms with Crippen LogP contribution in [0.2, 0.25) is 0 Å². The summed E-state index contributed by atoms with van der Waals surface area (Å²) in [4.78, 5) is 0. The Hall–Kier alpha value is -4.38. The molecule has 1 aliphatic rings. The van der Waals surface area contributed by atoms with E-state index in [1.807, 2.05) is 18.2 Å². The van der Waals surface area contributed by atoms with Crippen LogP contribution < -0.4 is 21.1 Å². The fourth-order valence-corrected chi connectivity index (χ4v) is 4.41. The van der Waals surface area contributed by atoms with E-state index >= 15 is 0 Å². The molecule has 1 heterocycles.